The third-order valence-corrected chi connectivity index (χ3v) is 4.55. The van der Waals surface area contributed by atoms with Gasteiger partial charge >= 0.3 is 0 Å². The number of rotatable bonds is 5. The predicted molar refractivity (Wildman–Crippen MR) is 77.3 cm³/mol. The fraction of sp³-hybridized carbons (Fsp3) is 0.867. The van der Waals surface area contributed by atoms with Crippen molar-refractivity contribution in [3.05, 3.63) is 11.7 Å². The first-order chi connectivity index (χ1) is 9.85. The number of aryl methyl sites for hydroxylation is 1. The molecular formula is C15H26N4O. The van der Waals surface area contributed by atoms with Crippen LogP contribution >= 0.6 is 0 Å². The molecule has 0 amide bonds. The SMILES string of the molecule is CCCc1noc(CN2CCCC(C3CCCN3)C2)n1. The van der Waals surface area contributed by atoms with Crippen molar-refractivity contribution < 1.29 is 4.52 Å². The summed E-state index contributed by atoms with van der Waals surface area (Å²) >= 11 is 0. The molecule has 2 fully saturated rings. The molecule has 3 rings (SSSR count). The maximum Gasteiger partial charge on any atom is 0.240 e. The Balaban J connectivity index is 1.53. The van der Waals surface area contributed by atoms with Crippen molar-refractivity contribution in [2.45, 2.75) is 58.0 Å². The van der Waals surface area contributed by atoms with E-state index in [0.717, 1.165) is 49.6 Å². The smallest absolute Gasteiger partial charge is 0.240 e. The largest absolute Gasteiger partial charge is 0.338 e. The molecule has 0 bridgehead atoms. The number of aromatic nitrogens is 2. The first-order valence-electron chi connectivity index (χ1n) is 8.12. The molecule has 1 aromatic rings. The van der Waals surface area contributed by atoms with Gasteiger partial charge in [-0.2, -0.15) is 4.98 Å². The second-order valence-electron chi connectivity index (χ2n) is 6.19. The molecule has 5 heteroatoms. The predicted octanol–water partition coefficient (Wildman–Crippen LogP) is 1.99. The highest BCUT2D eigenvalue weighted by molar-refractivity contribution is 4.90. The Morgan fingerprint density at radius 3 is 3.10 bits per heavy atom. The van der Waals surface area contributed by atoms with Crippen LogP contribution in [0.15, 0.2) is 4.52 Å². The Morgan fingerprint density at radius 2 is 2.30 bits per heavy atom. The summed E-state index contributed by atoms with van der Waals surface area (Å²) < 4.78 is 5.36. The zero-order valence-corrected chi connectivity index (χ0v) is 12.5. The van der Waals surface area contributed by atoms with E-state index >= 15 is 0 Å². The van der Waals surface area contributed by atoms with Crippen LogP contribution in [0.5, 0.6) is 0 Å². The standard InChI is InChI=1S/C15H26N4O/c1-2-5-14-17-15(20-18-14)11-19-9-4-6-12(10-19)13-7-3-8-16-13/h12-13,16H,2-11H2,1H3. The van der Waals surface area contributed by atoms with Crippen molar-refractivity contribution in [2.24, 2.45) is 5.92 Å². The molecule has 5 nitrogen and oxygen atoms in total. The van der Waals surface area contributed by atoms with E-state index in [0.29, 0.717) is 0 Å². The van der Waals surface area contributed by atoms with Gasteiger partial charge in [-0.05, 0) is 51.1 Å². The molecule has 2 aliphatic rings. The number of nitrogens with one attached hydrogen (secondary N) is 1. The molecule has 2 aliphatic heterocycles. The van der Waals surface area contributed by atoms with Crippen LogP contribution in [-0.2, 0) is 13.0 Å². The lowest BCUT2D eigenvalue weighted by Crippen LogP contribution is -2.43. The molecule has 0 saturated carbocycles. The highest BCUT2D eigenvalue weighted by atomic mass is 16.5. The van der Waals surface area contributed by atoms with Crippen molar-refractivity contribution in [1.29, 1.82) is 0 Å². The first-order valence-corrected chi connectivity index (χ1v) is 8.12. The van der Waals surface area contributed by atoms with E-state index in [4.69, 9.17) is 4.52 Å². The monoisotopic (exact) mass is 278 g/mol. The van der Waals surface area contributed by atoms with Gasteiger partial charge in [0.05, 0.1) is 6.54 Å². The minimum Gasteiger partial charge on any atom is -0.338 e. The molecule has 0 aromatic carbocycles. The second-order valence-corrected chi connectivity index (χ2v) is 6.19. The van der Waals surface area contributed by atoms with Crippen LogP contribution in [0.2, 0.25) is 0 Å². The molecule has 3 heterocycles. The lowest BCUT2D eigenvalue weighted by molar-refractivity contribution is 0.131. The third-order valence-electron chi connectivity index (χ3n) is 4.55. The van der Waals surface area contributed by atoms with E-state index in [-0.39, 0.29) is 0 Å². The molecule has 1 N–H and O–H groups in total. The van der Waals surface area contributed by atoms with Gasteiger partial charge in [-0.25, -0.2) is 0 Å². The van der Waals surface area contributed by atoms with Crippen LogP contribution in [0, 0.1) is 5.92 Å². The Hall–Kier alpha value is -0.940. The number of hydrogen-bond acceptors (Lipinski definition) is 5. The number of nitrogens with zero attached hydrogens (tertiary/aromatic N) is 3. The van der Waals surface area contributed by atoms with Gasteiger partial charge < -0.3 is 9.84 Å². The minimum absolute atomic E-state index is 0.733. The average Bonchev–Trinajstić information content (AvgIpc) is 3.11. The lowest BCUT2D eigenvalue weighted by atomic mass is 9.90. The molecule has 2 saturated heterocycles. The van der Waals surface area contributed by atoms with E-state index < -0.39 is 0 Å². The van der Waals surface area contributed by atoms with Gasteiger partial charge in [-0.1, -0.05) is 12.1 Å². The maximum atomic E-state index is 5.36. The molecule has 0 radical (unpaired) electrons. The Bertz CT molecular complexity index is 414. The van der Waals surface area contributed by atoms with Crippen LogP contribution in [0.25, 0.3) is 0 Å². The molecule has 112 valence electrons. The van der Waals surface area contributed by atoms with Gasteiger partial charge in [0.25, 0.3) is 0 Å². The molecular weight excluding hydrogens is 252 g/mol. The van der Waals surface area contributed by atoms with Gasteiger partial charge in [0, 0.05) is 19.0 Å². The number of piperidine rings is 1. The third kappa shape index (κ3) is 3.38. The highest BCUT2D eigenvalue weighted by Crippen LogP contribution is 2.25. The van der Waals surface area contributed by atoms with Crippen molar-refractivity contribution in [3.63, 3.8) is 0 Å². The van der Waals surface area contributed by atoms with Crippen LogP contribution < -0.4 is 5.32 Å². The van der Waals surface area contributed by atoms with Gasteiger partial charge in [0.2, 0.25) is 5.89 Å². The Labute approximate surface area is 121 Å². The Kier molecular flexibility index (Phi) is 4.68. The maximum absolute atomic E-state index is 5.36. The van der Waals surface area contributed by atoms with Crippen LogP contribution in [0.1, 0.15) is 50.7 Å². The molecule has 2 atom stereocenters. The zero-order chi connectivity index (χ0) is 13.8. The first kappa shape index (κ1) is 14.0. The summed E-state index contributed by atoms with van der Waals surface area (Å²) in [5.74, 6) is 2.44. The molecule has 0 spiro atoms. The van der Waals surface area contributed by atoms with Crippen molar-refractivity contribution in [1.82, 2.24) is 20.4 Å². The fourth-order valence-corrected chi connectivity index (χ4v) is 3.55. The molecule has 2 unspecified atom stereocenters. The van der Waals surface area contributed by atoms with Crippen molar-refractivity contribution >= 4 is 0 Å². The Morgan fingerprint density at radius 1 is 1.35 bits per heavy atom. The van der Waals surface area contributed by atoms with Crippen molar-refractivity contribution in [3.8, 4) is 0 Å². The zero-order valence-electron chi connectivity index (χ0n) is 12.5. The highest BCUT2D eigenvalue weighted by Gasteiger charge is 2.29. The second kappa shape index (κ2) is 6.68. The quantitative estimate of drug-likeness (QED) is 0.892. The topological polar surface area (TPSA) is 54.2 Å². The minimum atomic E-state index is 0.733. The van der Waals surface area contributed by atoms with Gasteiger partial charge in [0.1, 0.15) is 0 Å². The summed E-state index contributed by atoms with van der Waals surface area (Å²) in [6.45, 7) is 6.49. The van der Waals surface area contributed by atoms with Crippen LogP contribution in [-0.4, -0.2) is 40.7 Å². The lowest BCUT2D eigenvalue weighted by Gasteiger charge is -2.35. The van der Waals surface area contributed by atoms with E-state index in [9.17, 15) is 0 Å². The fourth-order valence-electron chi connectivity index (χ4n) is 3.55. The number of hydrogen-bond donors (Lipinski definition) is 1. The van der Waals surface area contributed by atoms with Crippen LogP contribution in [0.4, 0.5) is 0 Å². The summed E-state index contributed by atoms with van der Waals surface area (Å²) in [7, 11) is 0. The molecule has 0 aliphatic carbocycles. The summed E-state index contributed by atoms with van der Waals surface area (Å²) in [5, 5.41) is 7.70. The van der Waals surface area contributed by atoms with E-state index in [1.165, 1.54) is 38.8 Å². The van der Waals surface area contributed by atoms with Gasteiger partial charge in [-0.15, -0.1) is 0 Å². The summed E-state index contributed by atoms with van der Waals surface area (Å²) in [4.78, 5) is 6.97. The molecule has 1 aromatic heterocycles. The average molecular weight is 278 g/mol. The summed E-state index contributed by atoms with van der Waals surface area (Å²) in [5.41, 5.74) is 0. The van der Waals surface area contributed by atoms with Gasteiger partial charge in [0.15, 0.2) is 5.82 Å². The molecule has 20 heavy (non-hydrogen) atoms. The van der Waals surface area contributed by atoms with E-state index in [1.54, 1.807) is 0 Å². The normalized spacial score (nSPS) is 28.1. The van der Waals surface area contributed by atoms with Crippen LogP contribution in [0.3, 0.4) is 0 Å². The summed E-state index contributed by atoms with van der Waals surface area (Å²) in [6.07, 6.45) is 7.32. The van der Waals surface area contributed by atoms with Gasteiger partial charge in [-0.3, -0.25) is 4.90 Å². The van der Waals surface area contributed by atoms with E-state index in [2.05, 4.69) is 27.3 Å². The van der Waals surface area contributed by atoms with E-state index in [1.807, 2.05) is 0 Å². The van der Waals surface area contributed by atoms with Crippen molar-refractivity contribution in [2.75, 3.05) is 19.6 Å². The summed E-state index contributed by atoms with van der Waals surface area (Å²) in [6, 6.07) is 0.733. The number of likely N-dealkylation sites (tertiary alicyclic amines) is 1.